The molecular formula is C20H34ClN3. The van der Waals surface area contributed by atoms with E-state index >= 15 is 0 Å². The van der Waals surface area contributed by atoms with Crippen molar-refractivity contribution in [2.24, 2.45) is 0 Å². The summed E-state index contributed by atoms with van der Waals surface area (Å²) in [6.45, 7) is 14.3. The Morgan fingerprint density at radius 3 is 2.21 bits per heavy atom. The summed E-state index contributed by atoms with van der Waals surface area (Å²) >= 11 is 6.37. The zero-order valence-corrected chi connectivity index (χ0v) is 16.6. The molecule has 2 fully saturated rings. The normalized spacial score (nSPS) is 21.4. The number of piperazine rings is 1. The van der Waals surface area contributed by atoms with Crippen LogP contribution in [0.1, 0.15) is 37.8 Å². The van der Waals surface area contributed by atoms with Crippen LogP contribution in [0.5, 0.6) is 0 Å². The Balaban J connectivity index is 0.00000100. The number of rotatable bonds is 3. The minimum atomic E-state index is 0.807. The minimum Gasteiger partial charge on any atom is -0.306 e. The summed E-state index contributed by atoms with van der Waals surface area (Å²) < 4.78 is 0. The van der Waals surface area contributed by atoms with Gasteiger partial charge >= 0.3 is 0 Å². The Morgan fingerprint density at radius 1 is 1.00 bits per heavy atom. The Bertz CT molecular complexity index is 490. The molecule has 4 heteroatoms. The van der Waals surface area contributed by atoms with Crippen molar-refractivity contribution in [3.05, 3.63) is 34.3 Å². The highest BCUT2D eigenvalue weighted by molar-refractivity contribution is 6.31. The minimum absolute atomic E-state index is 0.807. The van der Waals surface area contributed by atoms with Gasteiger partial charge in [0.05, 0.1) is 0 Å². The maximum absolute atomic E-state index is 6.37. The molecule has 2 aliphatic rings. The molecule has 0 amide bonds. The molecule has 0 bridgehead atoms. The van der Waals surface area contributed by atoms with Gasteiger partial charge in [0.2, 0.25) is 0 Å². The second kappa shape index (κ2) is 9.76. The number of aryl methyl sites for hydroxylation is 1. The molecular weight excluding hydrogens is 318 g/mol. The maximum Gasteiger partial charge on any atom is 0.0453 e. The van der Waals surface area contributed by atoms with Crippen LogP contribution in [0.15, 0.2) is 18.2 Å². The highest BCUT2D eigenvalue weighted by Crippen LogP contribution is 2.21. The molecule has 24 heavy (non-hydrogen) atoms. The highest BCUT2D eigenvalue weighted by atomic mass is 35.5. The van der Waals surface area contributed by atoms with E-state index in [0.29, 0.717) is 0 Å². The molecule has 0 aliphatic carbocycles. The molecule has 1 aromatic rings. The Morgan fingerprint density at radius 2 is 1.62 bits per heavy atom. The summed E-state index contributed by atoms with van der Waals surface area (Å²) in [4.78, 5) is 7.70. The molecule has 0 N–H and O–H groups in total. The van der Waals surface area contributed by atoms with Gasteiger partial charge in [0.1, 0.15) is 0 Å². The molecule has 0 spiro atoms. The van der Waals surface area contributed by atoms with Gasteiger partial charge in [0.15, 0.2) is 0 Å². The second-order valence-electron chi connectivity index (χ2n) is 6.94. The van der Waals surface area contributed by atoms with Gasteiger partial charge in [0.25, 0.3) is 0 Å². The number of hydrogen-bond donors (Lipinski definition) is 0. The standard InChI is InChI=1S/C18H28ClN3.C2H6/c1-15-3-4-16(18(19)13-15)14-21-9-11-22(12-10-21)17-5-7-20(2)8-6-17;1-2/h3-4,13,17H,5-12,14H2,1-2H3;1-2H3. The molecule has 1 aromatic carbocycles. The fraction of sp³-hybridized carbons (Fsp3) is 0.700. The van der Waals surface area contributed by atoms with E-state index in [2.05, 4.69) is 46.9 Å². The smallest absolute Gasteiger partial charge is 0.0453 e. The molecule has 2 heterocycles. The Kier molecular flexibility index (Phi) is 8.02. The van der Waals surface area contributed by atoms with Crippen LogP contribution < -0.4 is 0 Å². The zero-order valence-electron chi connectivity index (χ0n) is 15.9. The van der Waals surface area contributed by atoms with Crippen molar-refractivity contribution >= 4 is 11.6 Å². The summed E-state index contributed by atoms with van der Waals surface area (Å²) in [7, 11) is 2.24. The van der Waals surface area contributed by atoms with Crippen LogP contribution in [0.2, 0.25) is 5.02 Å². The Labute approximate surface area is 153 Å². The van der Waals surface area contributed by atoms with Gasteiger partial charge in [-0.1, -0.05) is 37.6 Å². The largest absolute Gasteiger partial charge is 0.306 e. The van der Waals surface area contributed by atoms with Crippen molar-refractivity contribution in [2.75, 3.05) is 46.3 Å². The van der Waals surface area contributed by atoms with E-state index in [9.17, 15) is 0 Å². The van der Waals surface area contributed by atoms with Gasteiger partial charge in [-0.05, 0) is 57.1 Å². The fourth-order valence-corrected chi connectivity index (χ4v) is 3.96. The second-order valence-corrected chi connectivity index (χ2v) is 7.35. The lowest BCUT2D eigenvalue weighted by Gasteiger charge is -2.42. The summed E-state index contributed by atoms with van der Waals surface area (Å²) in [6.07, 6.45) is 2.67. The predicted molar refractivity (Wildman–Crippen MR) is 105 cm³/mol. The van der Waals surface area contributed by atoms with E-state index < -0.39 is 0 Å². The lowest BCUT2D eigenvalue weighted by atomic mass is 10.0. The van der Waals surface area contributed by atoms with E-state index in [4.69, 9.17) is 11.6 Å². The van der Waals surface area contributed by atoms with Gasteiger partial charge in [-0.3, -0.25) is 9.80 Å². The van der Waals surface area contributed by atoms with Gasteiger partial charge in [-0.2, -0.15) is 0 Å². The average Bonchev–Trinajstić information content (AvgIpc) is 2.61. The number of hydrogen-bond acceptors (Lipinski definition) is 3. The van der Waals surface area contributed by atoms with E-state index in [-0.39, 0.29) is 0 Å². The summed E-state index contributed by atoms with van der Waals surface area (Å²) in [6, 6.07) is 7.23. The van der Waals surface area contributed by atoms with Crippen LogP contribution in [0.3, 0.4) is 0 Å². The van der Waals surface area contributed by atoms with Gasteiger partial charge in [-0.25, -0.2) is 0 Å². The number of benzene rings is 1. The van der Waals surface area contributed by atoms with Crippen LogP contribution in [-0.2, 0) is 6.54 Å². The van der Waals surface area contributed by atoms with Crippen molar-refractivity contribution in [1.29, 1.82) is 0 Å². The van der Waals surface area contributed by atoms with E-state index in [1.54, 1.807) is 0 Å². The van der Waals surface area contributed by atoms with Crippen LogP contribution in [0.25, 0.3) is 0 Å². The molecule has 3 rings (SSSR count). The van der Waals surface area contributed by atoms with Crippen molar-refractivity contribution in [3.63, 3.8) is 0 Å². The zero-order chi connectivity index (χ0) is 17.5. The molecule has 0 atom stereocenters. The van der Waals surface area contributed by atoms with Crippen LogP contribution in [-0.4, -0.2) is 67.1 Å². The third kappa shape index (κ3) is 5.45. The first-order valence-corrected chi connectivity index (χ1v) is 9.89. The number of nitrogens with zero attached hydrogens (tertiary/aromatic N) is 3. The third-order valence-corrected chi connectivity index (χ3v) is 5.57. The van der Waals surface area contributed by atoms with Gasteiger partial charge < -0.3 is 4.90 Å². The van der Waals surface area contributed by atoms with Crippen molar-refractivity contribution in [1.82, 2.24) is 14.7 Å². The van der Waals surface area contributed by atoms with E-state index in [0.717, 1.165) is 30.7 Å². The predicted octanol–water partition coefficient (Wildman–Crippen LogP) is 3.89. The molecule has 0 aromatic heterocycles. The monoisotopic (exact) mass is 351 g/mol. The lowest BCUT2D eigenvalue weighted by molar-refractivity contribution is 0.0618. The Hall–Kier alpha value is -0.610. The summed E-state index contributed by atoms with van der Waals surface area (Å²) in [5.41, 5.74) is 2.50. The van der Waals surface area contributed by atoms with Crippen LogP contribution >= 0.6 is 11.6 Å². The van der Waals surface area contributed by atoms with Gasteiger partial charge in [-0.15, -0.1) is 0 Å². The molecule has 3 nitrogen and oxygen atoms in total. The number of halogens is 1. The quantitative estimate of drug-likeness (QED) is 0.818. The SMILES string of the molecule is CC.Cc1ccc(CN2CCN(C3CCN(C)CC3)CC2)c(Cl)c1. The third-order valence-electron chi connectivity index (χ3n) is 5.21. The fourth-order valence-electron chi connectivity index (χ4n) is 3.67. The highest BCUT2D eigenvalue weighted by Gasteiger charge is 2.26. The van der Waals surface area contributed by atoms with Crippen LogP contribution in [0, 0.1) is 6.92 Å². The first-order chi connectivity index (χ1) is 11.6. The van der Waals surface area contributed by atoms with Crippen LogP contribution in [0.4, 0.5) is 0 Å². The molecule has 2 aliphatic heterocycles. The number of piperidine rings is 1. The molecule has 136 valence electrons. The van der Waals surface area contributed by atoms with Crippen molar-refractivity contribution in [2.45, 2.75) is 46.2 Å². The van der Waals surface area contributed by atoms with E-state index in [1.807, 2.05) is 13.8 Å². The van der Waals surface area contributed by atoms with Gasteiger partial charge in [0, 0.05) is 43.8 Å². The maximum atomic E-state index is 6.37. The molecule has 0 saturated carbocycles. The molecule has 2 saturated heterocycles. The first kappa shape index (κ1) is 19.7. The first-order valence-electron chi connectivity index (χ1n) is 9.52. The number of likely N-dealkylation sites (tertiary alicyclic amines) is 1. The molecule has 0 radical (unpaired) electrons. The summed E-state index contributed by atoms with van der Waals surface area (Å²) in [5, 5.41) is 0.915. The van der Waals surface area contributed by atoms with E-state index in [1.165, 1.54) is 50.1 Å². The topological polar surface area (TPSA) is 9.72 Å². The summed E-state index contributed by atoms with van der Waals surface area (Å²) in [5.74, 6) is 0. The average molecular weight is 352 g/mol. The van der Waals surface area contributed by atoms with Crippen molar-refractivity contribution in [3.8, 4) is 0 Å². The lowest BCUT2D eigenvalue weighted by Crippen LogP contribution is -2.52. The molecule has 0 unspecified atom stereocenters. The van der Waals surface area contributed by atoms with Crippen molar-refractivity contribution < 1.29 is 0 Å².